The van der Waals surface area contributed by atoms with E-state index in [1.165, 1.54) is 0 Å². The number of para-hydroxylation sites is 1. The molecule has 0 amide bonds. The van der Waals surface area contributed by atoms with Crippen LogP contribution in [-0.4, -0.2) is 9.97 Å². The molecule has 0 saturated heterocycles. The molecule has 2 heterocycles. The highest BCUT2D eigenvalue weighted by Gasteiger charge is 2.13. The summed E-state index contributed by atoms with van der Waals surface area (Å²) in [5, 5.41) is 1.07. The second kappa shape index (κ2) is 3.75. The molecule has 0 bridgehead atoms. The summed E-state index contributed by atoms with van der Waals surface area (Å²) in [5.74, 6) is 0.794. The number of rotatable bonds is 2. The van der Waals surface area contributed by atoms with Crippen LogP contribution in [0.15, 0.2) is 34.9 Å². The lowest BCUT2D eigenvalue weighted by Gasteiger charge is -1.94. The van der Waals surface area contributed by atoms with Crippen LogP contribution < -0.4 is 5.73 Å². The molecule has 0 aliphatic rings. The Labute approximate surface area is 98.5 Å². The number of aryl methyl sites for hydroxylation is 1. The van der Waals surface area contributed by atoms with Crippen molar-refractivity contribution in [2.24, 2.45) is 5.73 Å². The molecule has 4 heteroatoms. The van der Waals surface area contributed by atoms with Crippen LogP contribution in [0.1, 0.15) is 11.5 Å². The Morgan fingerprint density at radius 3 is 2.94 bits per heavy atom. The number of nitrogens with zero attached hydrogens (tertiary/aromatic N) is 1. The highest BCUT2D eigenvalue weighted by molar-refractivity contribution is 5.93. The van der Waals surface area contributed by atoms with Gasteiger partial charge >= 0.3 is 0 Å². The van der Waals surface area contributed by atoms with Crippen molar-refractivity contribution in [3.05, 3.63) is 42.0 Å². The molecule has 0 spiro atoms. The molecular formula is C13H13N3O. The van der Waals surface area contributed by atoms with Gasteiger partial charge in [0.25, 0.3) is 0 Å². The number of imidazole rings is 1. The van der Waals surface area contributed by atoms with Gasteiger partial charge in [0, 0.05) is 16.6 Å². The number of fused-ring (bicyclic) bond motifs is 1. The predicted octanol–water partition coefficient (Wildman–Crippen LogP) is 2.59. The fourth-order valence-electron chi connectivity index (χ4n) is 2.04. The minimum absolute atomic E-state index is 0.413. The van der Waals surface area contributed by atoms with Crippen LogP contribution in [0.2, 0.25) is 0 Å². The maximum atomic E-state index is 5.58. The molecule has 0 fully saturated rings. The Balaban J connectivity index is 2.23. The van der Waals surface area contributed by atoms with Gasteiger partial charge in [0.2, 0.25) is 0 Å². The van der Waals surface area contributed by atoms with E-state index in [0.29, 0.717) is 6.54 Å². The van der Waals surface area contributed by atoms with Gasteiger partial charge in [-0.2, -0.15) is 0 Å². The van der Waals surface area contributed by atoms with E-state index in [0.717, 1.165) is 33.7 Å². The summed E-state index contributed by atoms with van der Waals surface area (Å²) in [4.78, 5) is 7.65. The number of nitrogens with one attached hydrogen (secondary N) is 1. The zero-order valence-electron chi connectivity index (χ0n) is 9.53. The standard InChI is InChI=1S/C13H13N3O/c1-8-13(16-12(6-14)15-8)10-7-17-11-5-3-2-4-9(10)11/h2-5,7H,6,14H2,1H3,(H,15,16). The molecule has 4 nitrogen and oxygen atoms in total. The fraction of sp³-hybridized carbons (Fsp3) is 0.154. The van der Waals surface area contributed by atoms with E-state index in [4.69, 9.17) is 10.2 Å². The summed E-state index contributed by atoms with van der Waals surface area (Å²) in [6, 6.07) is 7.93. The monoisotopic (exact) mass is 227 g/mol. The molecule has 0 atom stereocenters. The van der Waals surface area contributed by atoms with Crippen molar-refractivity contribution in [2.45, 2.75) is 13.5 Å². The maximum absolute atomic E-state index is 5.58. The second-order valence-electron chi connectivity index (χ2n) is 4.01. The van der Waals surface area contributed by atoms with Gasteiger partial charge in [0.05, 0.1) is 12.2 Å². The molecule has 1 aromatic carbocycles. The van der Waals surface area contributed by atoms with Gasteiger partial charge < -0.3 is 15.1 Å². The molecule has 17 heavy (non-hydrogen) atoms. The number of aromatic nitrogens is 2. The summed E-state index contributed by atoms with van der Waals surface area (Å²) >= 11 is 0. The minimum Gasteiger partial charge on any atom is -0.464 e. The molecular weight excluding hydrogens is 214 g/mol. The first-order valence-corrected chi connectivity index (χ1v) is 5.51. The van der Waals surface area contributed by atoms with Gasteiger partial charge in [0.1, 0.15) is 17.7 Å². The highest BCUT2D eigenvalue weighted by Crippen LogP contribution is 2.30. The lowest BCUT2D eigenvalue weighted by Crippen LogP contribution is -1.97. The van der Waals surface area contributed by atoms with Crippen molar-refractivity contribution in [3.63, 3.8) is 0 Å². The molecule has 3 rings (SSSR count). The Kier molecular flexibility index (Phi) is 2.23. The number of H-pyrrole nitrogens is 1. The average Bonchev–Trinajstić information content (AvgIpc) is 2.92. The number of hydrogen-bond donors (Lipinski definition) is 2. The van der Waals surface area contributed by atoms with Crippen LogP contribution in [0.5, 0.6) is 0 Å². The van der Waals surface area contributed by atoms with Crippen LogP contribution in [0.4, 0.5) is 0 Å². The Bertz CT molecular complexity index is 666. The van der Waals surface area contributed by atoms with Crippen molar-refractivity contribution in [1.82, 2.24) is 9.97 Å². The normalized spacial score (nSPS) is 11.2. The number of nitrogens with two attached hydrogens (primary N) is 1. The van der Waals surface area contributed by atoms with Crippen molar-refractivity contribution in [2.75, 3.05) is 0 Å². The molecule has 0 unspecified atom stereocenters. The third-order valence-electron chi connectivity index (χ3n) is 2.86. The van der Waals surface area contributed by atoms with Gasteiger partial charge in [0.15, 0.2) is 0 Å². The topological polar surface area (TPSA) is 67.8 Å². The predicted molar refractivity (Wildman–Crippen MR) is 66.4 cm³/mol. The Hall–Kier alpha value is -2.07. The number of furan rings is 1. The van der Waals surface area contributed by atoms with E-state index in [1.54, 1.807) is 6.26 Å². The average molecular weight is 227 g/mol. The summed E-state index contributed by atoms with van der Waals surface area (Å²) in [7, 11) is 0. The number of hydrogen-bond acceptors (Lipinski definition) is 3. The smallest absolute Gasteiger partial charge is 0.134 e. The lowest BCUT2D eigenvalue weighted by atomic mass is 10.1. The van der Waals surface area contributed by atoms with Crippen molar-refractivity contribution in [1.29, 1.82) is 0 Å². The van der Waals surface area contributed by atoms with E-state index in [9.17, 15) is 0 Å². The van der Waals surface area contributed by atoms with Gasteiger partial charge in [-0.25, -0.2) is 4.98 Å². The molecule has 0 radical (unpaired) electrons. The lowest BCUT2D eigenvalue weighted by molar-refractivity contribution is 0.617. The third kappa shape index (κ3) is 1.54. The fourth-order valence-corrected chi connectivity index (χ4v) is 2.04. The quantitative estimate of drug-likeness (QED) is 0.707. The summed E-state index contributed by atoms with van der Waals surface area (Å²) in [6.45, 7) is 2.40. The first kappa shape index (κ1) is 10.1. The molecule has 0 aliphatic heterocycles. The maximum Gasteiger partial charge on any atom is 0.134 e. The molecule has 0 aliphatic carbocycles. The van der Waals surface area contributed by atoms with E-state index < -0.39 is 0 Å². The van der Waals surface area contributed by atoms with Gasteiger partial charge in [-0.3, -0.25) is 0 Å². The zero-order chi connectivity index (χ0) is 11.8. The zero-order valence-corrected chi connectivity index (χ0v) is 9.53. The van der Waals surface area contributed by atoms with Crippen LogP contribution >= 0.6 is 0 Å². The second-order valence-corrected chi connectivity index (χ2v) is 4.01. The van der Waals surface area contributed by atoms with E-state index in [1.807, 2.05) is 31.2 Å². The molecule has 3 aromatic rings. The summed E-state index contributed by atoms with van der Waals surface area (Å²) < 4.78 is 5.52. The van der Waals surface area contributed by atoms with Gasteiger partial charge in [-0.05, 0) is 13.0 Å². The molecule has 3 N–H and O–H groups in total. The molecule has 2 aromatic heterocycles. The van der Waals surface area contributed by atoms with Crippen LogP contribution in [0.25, 0.3) is 22.2 Å². The minimum atomic E-state index is 0.413. The Morgan fingerprint density at radius 2 is 2.18 bits per heavy atom. The van der Waals surface area contributed by atoms with Crippen molar-refractivity contribution in [3.8, 4) is 11.3 Å². The van der Waals surface area contributed by atoms with Gasteiger partial charge in [-0.1, -0.05) is 18.2 Å². The largest absolute Gasteiger partial charge is 0.464 e. The molecule has 86 valence electrons. The van der Waals surface area contributed by atoms with Gasteiger partial charge in [-0.15, -0.1) is 0 Å². The van der Waals surface area contributed by atoms with E-state index in [2.05, 4.69) is 9.97 Å². The van der Waals surface area contributed by atoms with Crippen molar-refractivity contribution < 1.29 is 4.42 Å². The SMILES string of the molecule is Cc1[nH]c(CN)nc1-c1coc2ccccc12. The van der Waals surface area contributed by atoms with Crippen molar-refractivity contribution >= 4 is 11.0 Å². The van der Waals surface area contributed by atoms with E-state index in [-0.39, 0.29) is 0 Å². The van der Waals surface area contributed by atoms with Crippen LogP contribution in [0.3, 0.4) is 0 Å². The summed E-state index contributed by atoms with van der Waals surface area (Å²) in [5.41, 5.74) is 9.39. The van der Waals surface area contributed by atoms with Crippen LogP contribution in [0, 0.1) is 6.92 Å². The highest BCUT2D eigenvalue weighted by atomic mass is 16.3. The first-order valence-electron chi connectivity index (χ1n) is 5.51. The van der Waals surface area contributed by atoms with E-state index >= 15 is 0 Å². The van der Waals surface area contributed by atoms with Crippen LogP contribution in [-0.2, 0) is 6.54 Å². The number of benzene rings is 1. The summed E-state index contributed by atoms with van der Waals surface area (Å²) in [6.07, 6.45) is 1.74. The number of aromatic amines is 1. The third-order valence-corrected chi connectivity index (χ3v) is 2.86. The first-order chi connectivity index (χ1) is 8.29. The Morgan fingerprint density at radius 1 is 1.35 bits per heavy atom. The molecule has 0 saturated carbocycles.